The fourth-order valence-electron chi connectivity index (χ4n) is 1.43. The number of rotatable bonds is 5. The van der Waals surface area contributed by atoms with Crippen LogP contribution in [0.25, 0.3) is 0 Å². The second-order valence-electron chi connectivity index (χ2n) is 3.30. The highest BCUT2D eigenvalue weighted by atomic mass is 16.6. The molecule has 84 valence electrons. The average molecular weight is 213 g/mol. The van der Waals surface area contributed by atoms with E-state index in [2.05, 4.69) is 5.10 Å². The Bertz CT molecular complexity index is 349. The Morgan fingerprint density at radius 1 is 1.73 bits per heavy atom. The molecule has 0 spiro atoms. The van der Waals surface area contributed by atoms with Crippen LogP contribution < -0.4 is 10.6 Å². The fraction of sp³-hybridized carbons (Fsp3) is 0.625. The van der Waals surface area contributed by atoms with Gasteiger partial charge >= 0.3 is 5.69 Å². The molecular weight excluding hydrogens is 198 g/mol. The molecule has 1 aromatic rings. The molecule has 0 radical (unpaired) electrons. The summed E-state index contributed by atoms with van der Waals surface area (Å²) < 4.78 is 1.49. The summed E-state index contributed by atoms with van der Waals surface area (Å²) in [5.74, 6) is 0.508. The van der Waals surface area contributed by atoms with E-state index in [0.29, 0.717) is 18.9 Å². The molecular formula is C8H15N5O2. The lowest BCUT2D eigenvalue weighted by molar-refractivity contribution is -0.384. The van der Waals surface area contributed by atoms with E-state index in [1.54, 1.807) is 19.0 Å². The second kappa shape index (κ2) is 4.74. The number of nitrogens with zero attached hydrogens (tertiary/aromatic N) is 4. The van der Waals surface area contributed by atoms with Crippen LogP contribution in [0.1, 0.15) is 6.42 Å². The van der Waals surface area contributed by atoms with Crippen LogP contribution in [0.4, 0.5) is 11.5 Å². The molecule has 0 bridgehead atoms. The van der Waals surface area contributed by atoms with Gasteiger partial charge in [-0.15, -0.1) is 0 Å². The van der Waals surface area contributed by atoms with Gasteiger partial charge in [-0.05, 0) is 13.0 Å². The van der Waals surface area contributed by atoms with Gasteiger partial charge in [-0.3, -0.25) is 10.1 Å². The molecule has 1 aromatic heterocycles. The monoisotopic (exact) mass is 213 g/mol. The van der Waals surface area contributed by atoms with Gasteiger partial charge in [0.2, 0.25) is 5.82 Å². The van der Waals surface area contributed by atoms with Crippen LogP contribution in [0.15, 0.2) is 6.20 Å². The molecule has 0 saturated carbocycles. The highest BCUT2D eigenvalue weighted by molar-refractivity contribution is 5.56. The third-order valence-corrected chi connectivity index (χ3v) is 2.14. The van der Waals surface area contributed by atoms with E-state index in [1.165, 1.54) is 10.9 Å². The lowest BCUT2D eigenvalue weighted by atomic mass is 10.4. The molecule has 7 nitrogen and oxygen atoms in total. The summed E-state index contributed by atoms with van der Waals surface area (Å²) in [6.45, 7) is 1.24. The predicted octanol–water partition coefficient (Wildman–Crippen LogP) is 0.113. The fourth-order valence-corrected chi connectivity index (χ4v) is 1.43. The smallest absolute Gasteiger partial charge is 0.331 e. The molecule has 0 aliphatic carbocycles. The van der Waals surface area contributed by atoms with Crippen molar-refractivity contribution in [1.82, 2.24) is 9.78 Å². The molecule has 0 aliphatic rings. The molecule has 1 rings (SSSR count). The number of hydrogen-bond acceptors (Lipinski definition) is 5. The highest BCUT2D eigenvalue weighted by Gasteiger charge is 2.21. The minimum absolute atomic E-state index is 0.0250. The zero-order valence-electron chi connectivity index (χ0n) is 8.88. The molecule has 0 amide bonds. The zero-order chi connectivity index (χ0) is 11.4. The quantitative estimate of drug-likeness (QED) is 0.554. The molecule has 0 aromatic carbocycles. The standard InChI is InChI=1S/C8H15N5O2/c1-11(5-3-4-9)8-7(13(14)15)6-10-12(8)2/h6H,3-5,9H2,1-2H3. The van der Waals surface area contributed by atoms with Crippen molar-refractivity contribution in [2.45, 2.75) is 6.42 Å². The summed E-state index contributed by atoms with van der Waals surface area (Å²) in [6.07, 6.45) is 2.05. The van der Waals surface area contributed by atoms with Crippen LogP contribution in [0.5, 0.6) is 0 Å². The third-order valence-electron chi connectivity index (χ3n) is 2.14. The van der Waals surface area contributed by atoms with Gasteiger partial charge in [-0.25, -0.2) is 4.68 Å². The van der Waals surface area contributed by atoms with Gasteiger partial charge in [-0.2, -0.15) is 5.10 Å². The van der Waals surface area contributed by atoms with Gasteiger partial charge in [0.05, 0.1) is 4.92 Å². The SMILES string of the molecule is CN(CCCN)c1c([N+](=O)[O-])cnn1C. The second-order valence-corrected chi connectivity index (χ2v) is 3.30. The van der Waals surface area contributed by atoms with Crippen LogP contribution in [0, 0.1) is 10.1 Å². The normalized spacial score (nSPS) is 10.3. The van der Waals surface area contributed by atoms with Gasteiger partial charge < -0.3 is 10.6 Å². The number of anilines is 1. The Balaban J connectivity index is 2.90. The lowest BCUT2D eigenvalue weighted by Gasteiger charge is -2.17. The van der Waals surface area contributed by atoms with Crippen molar-refractivity contribution in [3.8, 4) is 0 Å². The van der Waals surface area contributed by atoms with Crippen molar-refractivity contribution in [1.29, 1.82) is 0 Å². The Kier molecular flexibility index (Phi) is 3.62. The van der Waals surface area contributed by atoms with Crippen molar-refractivity contribution >= 4 is 11.5 Å². The van der Waals surface area contributed by atoms with Gasteiger partial charge in [-0.1, -0.05) is 0 Å². The van der Waals surface area contributed by atoms with E-state index >= 15 is 0 Å². The molecule has 0 aliphatic heterocycles. The maximum Gasteiger partial charge on any atom is 0.331 e. The Hall–Kier alpha value is -1.63. The molecule has 0 atom stereocenters. The van der Waals surface area contributed by atoms with Crippen LogP contribution in [-0.2, 0) is 7.05 Å². The summed E-state index contributed by atoms with van der Waals surface area (Å²) in [4.78, 5) is 12.1. The first-order chi connectivity index (χ1) is 7.07. The minimum Gasteiger partial charge on any atom is -0.354 e. The minimum atomic E-state index is -0.429. The third kappa shape index (κ3) is 2.44. The van der Waals surface area contributed by atoms with E-state index < -0.39 is 4.92 Å². The molecule has 2 N–H and O–H groups in total. The molecule has 7 heteroatoms. The molecule has 0 saturated heterocycles. The number of nitrogens with two attached hydrogens (primary N) is 1. The molecule has 0 unspecified atom stereocenters. The summed E-state index contributed by atoms with van der Waals surface area (Å²) in [5, 5.41) is 14.6. The van der Waals surface area contributed by atoms with Crippen molar-refractivity contribution in [2.75, 3.05) is 25.0 Å². The van der Waals surface area contributed by atoms with Crippen molar-refractivity contribution in [2.24, 2.45) is 12.8 Å². The van der Waals surface area contributed by atoms with E-state index in [-0.39, 0.29) is 5.69 Å². The van der Waals surface area contributed by atoms with Gasteiger partial charge in [0.25, 0.3) is 0 Å². The number of aromatic nitrogens is 2. The number of nitro groups is 1. The molecule has 0 fully saturated rings. The highest BCUT2D eigenvalue weighted by Crippen LogP contribution is 2.25. The van der Waals surface area contributed by atoms with Crippen LogP contribution in [-0.4, -0.2) is 34.8 Å². The Labute approximate surface area is 87.6 Å². The Morgan fingerprint density at radius 2 is 2.40 bits per heavy atom. The number of hydrogen-bond donors (Lipinski definition) is 1. The van der Waals surface area contributed by atoms with Crippen LogP contribution in [0.3, 0.4) is 0 Å². The summed E-state index contributed by atoms with van der Waals surface area (Å²) >= 11 is 0. The first-order valence-electron chi connectivity index (χ1n) is 4.65. The predicted molar refractivity (Wildman–Crippen MR) is 56.8 cm³/mol. The van der Waals surface area contributed by atoms with Gasteiger partial charge in [0, 0.05) is 20.6 Å². The number of aryl methyl sites for hydroxylation is 1. The topological polar surface area (TPSA) is 90.2 Å². The maximum absolute atomic E-state index is 10.7. The average Bonchev–Trinajstić information content (AvgIpc) is 2.56. The van der Waals surface area contributed by atoms with E-state index in [0.717, 1.165) is 6.42 Å². The molecule has 15 heavy (non-hydrogen) atoms. The summed E-state index contributed by atoms with van der Waals surface area (Å²) in [7, 11) is 3.47. The Morgan fingerprint density at radius 3 is 2.93 bits per heavy atom. The first kappa shape index (κ1) is 11.4. The van der Waals surface area contributed by atoms with Crippen molar-refractivity contribution in [3.05, 3.63) is 16.3 Å². The van der Waals surface area contributed by atoms with Gasteiger partial charge in [0.1, 0.15) is 6.20 Å². The first-order valence-corrected chi connectivity index (χ1v) is 4.65. The van der Waals surface area contributed by atoms with E-state index in [4.69, 9.17) is 5.73 Å². The van der Waals surface area contributed by atoms with Crippen molar-refractivity contribution in [3.63, 3.8) is 0 Å². The van der Waals surface area contributed by atoms with E-state index in [9.17, 15) is 10.1 Å². The summed E-state index contributed by atoms with van der Waals surface area (Å²) in [6, 6.07) is 0. The van der Waals surface area contributed by atoms with Crippen LogP contribution >= 0.6 is 0 Å². The molecule has 1 heterocycles. The lowest BCUT2D eigenvalue weighted by Crippen LogP contribution is -2.24. The van der Waals surface area contributed by atoms with Crippen LogP contribution in [0.2, 0.25) is 0 Å². The van der Waals surface area contributed by atoms with Crippen molar-refractivity contribution < 1.29 is 4.92 Å². The summed E-state index contributed by atoms with van der Waals surface area (Å²) in [5.41, 5.74) is 5.41. The maximum atomic E-state index is 10.7. The van der Waals surface area contributed by atoms with Gasteiger partial charge in [0.15, 0.2) is 0 Å². The largest absolute Gasteiger partial charge is 0.354 e. The zero-order valence-corrected chi connectivity index (χ0v) is 8.88. The van der Waals surface area contributed by atoms with E-state index in [1.807, 2.05) is 0 Å².